The van der Waals surface area contributed by atoms with Gasteiger partial charge in [0.05, 0.1) is 10.3 Å². The number of carbonyl (C=O) groups excluding carboxylic acids is 1. The van der Waals surface area contributed by atoms with E-state index < -0.39 is 0 Å². The fraction of sp³-hybridized carbons (Fsp3) is 0.562. The number of fused-ring (bicyclic) bond motifs is 2. The van der Waals surface area contributed by atoms with Crippen molar-refractivity contribution in [2.75, 3.05) is 13.1 Å². The third-order valence-corrected chi connectivity index (χ3v) is 5.92. The summed E-state index contributed by atoms with van der Waals surface area (Å²) in [6, 6.07) is 0. The lowest BCUT2D eigenvalue weighted by Gasteiger charge is -2.26. The van der Waals surface area contributed by atoms with Crippen LogP contribution in [-0.4, -0.2) is 33.4 Å². The van der Waals surface area contributed by atoms with E-state index in [1.165, 1.54) is 17.8 Å². The molecular weight excluding hydrogens is 298 g/mol. The predicted molar refractivity (Wildman–Crippen MR) is 86.7 cm³/mol. The smallest absolute Gasteiger partial charge is 0.264 e. The number of aryl methyl sites for hydroxylation is 2. The second-order valence-corrected chi connectivity index (χ2v) is 7.18. The molecule has 0 radical (unpaired) electrons. The van der Waals surface area contributed by atoms with Crippen molar-refractivity contribution >= 4 is 27.5 Å². The first-order chi connectivity index (χ1) is 10.7. The van der Waals surface area contributed by atoms with Gasteiger partial charge in [-0.1, -0.05) is 0 Å². The summed E-state index contributed by atoms with van der Waals surface area (Å²) in [4.78, 5) is 33.4. The molecule has 0 N–H and O–H groups in total. The lowest BCUT2D eigenvalue weighted by atomic mass is 10.1. The summed E-state index contributed by atoms with van der Waals surface area (Å²) in [5.41, 5.74) is 0.846. The van der Waals surface area contributed by atoms with Crippen molar-refractivity contribution in [3.63, 3.8) is 0 Å². The molecule has 2 aromatic heterocycles. The third kappa shape index (κ3) is 2.00. The van der Waals surface area contributed by atoms with E-state index in [-0.39, 0.29) is 11.5 Å². The van der Waals surface area contributed by atoms with Crippen LogP contribution in [0.3, 0.4) is 0 Å². The minimum Gasteiger partial charge on any atom is -0.338 e. The first kappa shape index (κ1) is 13.9. The lowest BCUT2D eigenvalue weighted by molar-refractivity contribution is 0.0728. The molecule has 4 heterocycles. The second-order valence-electron chi connectivity index (χ2n) is 6.18. The summed E-state index contributed by atoms with van der Waals surface area (Å²) in [7, 11) is 0. The van der Waals surface area contributed by atoms with Crippen molar-refractivity contribution in [1.82, 2.24) is 14.5 Å². The number of piperidine rings is 1. The zero-order valence-corrected chi connectivity index (χ0v) is 13.5. The summed E-state index contributed by atoms with van der Waals surface area (Å²) in [5.74, 6) is 0.945. The maximum Gasteiger partial charge on any atom is 0.264 e. The number of carbonyl (C=O) groups is 1. The number of aromatic nitrogens is 2. The molecule has 2 aliphatic heterocycles. The molecule has 0 aliphatic carbocycles. The van der Waals surface area contributed by atoms with Crippen LogP contribution in [0.5, 0.6) is 0 Å². The normalized spacial score (nSPS) is 18.0. The van der Waals surface area contributed by atoms with Crippen LogP contribution in [0.4, 0.5) is 0 Å². The van der Waals surface area contributed by atoms with Crippen LogP contribution < -0.4 is 5.56 Å². The standard InChI is InChI=1S/C16H19N3O2S/c1-10-12-14(17-11-6-5-9-19(11)15(12)20)22-13(10)16(21)18-7-3-2-4-8-18/h2-9H2,1H3. The van der Waals surface area contributed by atoms with E-state index in [0.717, 1.165) is 61.5 Å². The highest BCUT2D eigenvalue weighted by atomic mass is 32.1. The van der Waals surface area contributed by atoms with Crippen LogP contribution in [0, 0.1) is 6.92 Å². The van der Waals surface area contributed by atoms with Gasteiger partial charge in [0.1, 0.15) is 10.7 Å². The van der Waals surface area contributed by atoms with Crippen LogP contribution in [0.15, 0.2) is 4.79 Å². The molecule has 0 bridgehead atoms. The summed E-state index contributed by atoms with van der Waals surface area (Å²) in [6.45, 7) is 4.30. The molecule has 1 amide bonds. The van der Waals surface area contributed by atoms with Gasteiger partial charge in [0.2, 0.25) is 0 Å². The summed E-state index contributed by atoms with van der Waals surface area (Å²) in [6.07, 6.45) is 5.19. The number of rotatable bonds is 1. The van der Waals surface area contributed by atoms with Crippen LogP contribution in [0.2, 0.25) is 0 Å². The Labute approximate surface area is 132 Å². The van der Waals surface area contributed by atoms with Gasteiger partial charge in [-0.3, -0.25) is 14.2 Å². The minimum atomic E-state index is 0.0314. The minimum absolute atomic E-state index is 0.0314. The molecule has 1 saturated heterocycles. The van der Waals surface area contributed by atoms with Gasteiger partial charge in [-0.25, -0.2) is 4.98 Å². The van der Waals surface area contributed by atoms with Crippen LogP contribution in [0.1, 0.15) is 46.7 Å². The molecule has 2 aliphatic rings. The molecule has 0 atom stereocenters. The first-order valence-corrected chi connectivity index (χ1v) is 8.80. The topological polar surface area (TPSA) is 55.2 Å². The van der Waals surface area contributed by atoms with E-state index in [2.05, 4.69) is 4.98 Å². The van der Waals surface area contributed by atoms with E-state index in [0.29, 0.717) is 10.3 Å². The zero-order valence-electron chi connectivity index (χ0n) is 12.7. The molecule has 2 aromatic rings. The Morgan fingerprint density at radius 1 is 1.14 bits per heavy atom. The van der Waals surface area contributed by atoms with Gasteiger partial charge in [-0.05, 0) is 38.2 Å². The summed E-state index contributed by atoms with van der Waals surface area (Å²) < 4.78 is 1.78. The van der Waals surface area contributed by atoms with Crippen LogP contribution in [-0.2, 0) is 13.0 Å². The van der Waals surface area contributed by atoms with Gasteiger partial charge in [0.15, 0.2) is 0 Å². The molecule has 4 rings (SSSR count). The molecular formula is C16H19N3O2S. The fourth-order valence-corrected chi connectivity index (χ4v) is 4.68. The van der Waals surface area contributed by atoms with Crippen molar-refractivity contribution in [1.29, 1.82) is 0 Å². The van der Waals surface area contributed by atoms with Crippen molar-refractivity contribution < 1.29 is 4.79 Å². The molecule has 0 aromatic carbocycles. The quantitative estimate of drug-likeness (QED) is 0.811. The molecule has 116 valence electrons. The van der Waals surface area contributed by atoms with Gasteiger partial charge in [-0.2, -0.15) is 0 Å². The van der Waals surface area contributed by atoms with Crippen molar-refractivity contribution in [3.05, 3.63) is 26.6 Å². The largest absolute Gasteiger partial charge is 0.338 e. The lowest BCUT2D eigenvalue weighted by Crippen LogP contribution is -2.35. The Bertz CT molecular complexity index is 815. The van der Waals surface area contributed by atoms with Gasteiger partial charge in [0, 0.05) is 26.1 Å². The van der Waals surface area contributed by atoms with Crippen LogP contribution >= 0.6 is 11.3 Å². The molecule has 0 saturated carbocycles. The van der Waals surface area contributed by atoms with E-state index in [4.69, 9.17) is 0 Å². The molecule has 0 unspecified atom stereocenters. The Morgan fingerprint density at radius 2 is 1.91 bits per heavy atom. The molecule has 5 nitrogen and oxygen atoms in total. The number of likely N-dealkylation sites (tertiary alicyclic amines) is 1. The van der Waals surface area contributed by atoms with Gasteiger partial charge < -0.3 is 4.90 Å². The molecule has 6 heteroatoms. The number of hydrogen-bond acceptors (Lipinski definition) is 4. The SMILES string of the molecule is Cc1c(C(=O)N2CCCCC2)sc2nc3n(c(=O)c12)CCC3. The van der Waals surface area contributed by atoms with Gasteiger partial charge in [0.25, 0.3) is 11.5 Å². The van der Waals surface area contributed by atoms with E-state index in [1.54, 1.807) is 4.57 Å². The highest BCUT2D eigenvalue weighted by molar-refractivity contribution is 7.20. The first-order valence-electron chi connectivity index (χ1n) is 7.99. The Kier molecular flexibility index (Phi) is 3.29. The average molecular weight is 317 g/mol. The number of hydrogen-bond donors (Lipinski definition) is 0. The Morgan fingerprint density at radius 3 is 2.68 bits per heavy atom. The van der Waals surface area contributed by atoms with Gasteiger partial charge >= 0.3 is 0 Å². The Balaban J connectivity index is 1.83. The monoisotopic (exact) mass is 317 g/mol. The predicted octanol–water partition coefficient (Wildman–Crippen LogP) is 2.34. The van der Waals surface area contributed by atoms with Crippen molar-refractivity contribution in [3.8, 4) is 0 Å². The van der Waals surface area contributed by atoms with Crippen LogP contribution in [0.25, 0.3) is 10.2 Å². The zero-order chi connectivity index (χ0) is 15.3. The number of nitrogens with zero attached hydrogens (tertiary/aromatic N) is 3. The second kappa shape index (κ2) is 5.19. The number of amides is 1. The van der Waals surface area contributed by atoms with E-state index in [1.807, 2.05) is 11.8 Å². The maximum atomic E-state index is 12.8. The Hall–Kier alpha value is -1.69. The third-order valence-electron chi connectivity index (χ3n) is 4.75. The van der Waals surface area contributed by atoms with Gasteiger partial charge in [-0.15, -0.1) is 11.3 Å². The maximum absolute atomic E-state index is 12.8. The van der Waals surface area contributed by atoms with E-state index >= 15 is 0 Å². The average Bonchev–Trinajstić information content (AvgIpc) is 3.13. The fourth-order valence-electron chi connectivity index (χ4n) is 3.52. The van der Waals surface area contributed by atoms with Crippen molar-refractivity contribution in [2.45, 2.75) is 45.6 Å². The summed E-state index contributed by atoms with van der Waals surface area (Å²) >= 11 is 1.39. The van der Waals surface area contributed by atoms with E-state index in [9.17, 15) is 9.59 Å². The highest BCUT2D eigenvalue weighted by Crippen LogP contribution is 2.30. The highest BCUT2D eigenvalue weighted by Gasteiger charge is 2.26. The molecule has 0 spiro atoms. The van der Waals surface area contributed by atoms with Crippen molar-refractivity contribution in [2.24, 2.45) is 0 Å². The molecule has 1 fully saturated rings. The molecule has 22 heavy (non-hydrogen) atoms. The number of thiophene rings is 1. The summed E-state index contributed by atoms with van der Waals surface area (Å²) in [5, 5.41) is 0.649.